The van der Waals surface area contributed by atoms with Gasteiger partial charge in [0, 0.05) is 18.3 Å². The minimum atomic E-state index is -3.12. The molecular formula is C24H26F3N9O3. The number of piperidine rings is 1. The normalized spacial score (nSPS) is 19.4. The molecule has 5 heterocycles. The first-order valence-electron chi connectivity index (χ1n) is 12.4. The largest absolute Gasteiger partial charge is 0.479 e. The van der Waals surface area contributed by atoms with Crippen LogP contribution in [0.25, 0.3) is 27.7 Å². The highest BCUT2D eigenvalue weighted by molar-refractivity contribution is 5.89. The van der Waals surface area contributed by atoms with E-state index in [0.717, 1.165) is 11.1 Å². The molecule has 12 nitrogen and oxygen atoms in total. The molecular weight excluding hydrogens is 519 g/mol. The maximum atomic E-state index is 15.1. The Bertz CT molecular complexity index is 1520. The summed E-state index contributed by atoms with van der Waals surface area (Å²) in [5.41, 5.74) is 3.38. The number of aromatic nitrogens is 6. The first-order chi connectivity index (χ1) is 18.9. The highest BCUT2D eigenvalue weighted by Gasteiger charge is 2.45. The molecule has 1 amide bonds. The Kier molecular flexibility index (Phi) is 6.46. The van der Waals surface area contributed by atoms with E-state index in [1.54, 1.807) is 12.3 Å². The number of carbonyl (C=O) groups is 1. The average molecular weight is 546 g/mol. The SMILES string of the molecule is COc1nc(N[C@@H]2CCN(CC(=O)N3COC3)CC2(F)F)nn2ccc(-c3ccc4nnn(CCF)c4c3)c12. The van der Waals surface area contributed by atoms with Gasteiger partial charge >= 0.3 is 0 Å². The van der Waals surface area contributed by atoms with Crippen LogP contribution in [0.2, 0.25) is 0 Å². The molecule has 2 aliphatic heterocycles. The van der Waals surface area contributed by atoms with Crippen LogP contribution in [0.1, 0.15) is 6.42 Å². The molecule has 0 unspecified atom stereocenters. The second-order valence-corrected chi connectivity index (χ2v) is 9.53. The molecule has 3 aromatic heterocycles. The van der Waals surface area contributed by atoms with Gasteiger partial charge < -0.3 is 14.8 Å². The lowest BCUT2D eigenvalue weighted by atomic mass is 10.0. The number of benzene rings is 1. The summed E-state index contributed by atoms with van der Waals surface area (Å²) < 4.78 is 56.6. The quantitative estimate of drug-likeness (QED) is 0.355. The number of likely N-dealkylation sites (tertiary alicyclic amines) is 1. The summed E-state index contributed by atoms with van der Waals surface area (Å²) in [5, 5.41) is 15.2. The third kappa shape index (κ3) is 4.71. The summed E-state index contributed by atoms with van der Waals surface area (Å²) in [6.07, 6.45) is 1.78. The fourth-order valence-electron chi connectivity index (χ4n) is 4.90. The first kappa shape index (κ1) is 25.3. The number of methoxy groups -OCH3 is 1. The number of alkyl halides is 3. The third-order valence-electron chi connectivity index (χ3n) is 6.98. The van der Waals surface area contributed by atoms with Crippen molar-refractivity contribution in [2.45, 2.75) is 24.9 Å². The van der Waals surface area contributed by atoms with Gasteiger partial charge in [0.25, 0.3) is 5.92 Å². The molecule has 1 atom stereocenters. The van der Waals surface area contributed by atoms with Gasteiger partial charge in [-0.1, -0.05) is 11.3 Å². The van der Waals surface area contributed by atoms with Gasteiger partial charge in [-0.25, -0.2) is 22.4 Å². The van der Waals surface area contributed by atoms with Crippen molar-refractivity contribution in [2.75, 3.05) is 52.2 Å². The standard InChI is InChI=1S/C24H26F3N9O3/c1-38-22-21-16(15-2-3-17-18(10-15)35(9-6-25)32-30-17)4-8-36(21)31-23(29-22)28-19-5-7-33(12-24(19,26)27)11-20(37)34-13-39-14-34/h2-4,8,10,19H,5-7,9,11-14H2,1H3,(H,28,31)/t19-/m1/s1. The smallest absolute Gasteiger partial charge is 0.280 e. The maximum absolute atomic E-state index is 15.1. The number of ether oxygens (including phenoxy) is 2. The van der Waals surface area contributed by atoms with E-state index in [0.29, 0.717) is 23.1 Å². The van der Waals surface area contributed by atoms with E-state index in [1.807, 2.05) is 18.2 Å². The van der Waals surface area contributed by atoms with E-state index < -0.39 is 25.2 Å². The van der Waals surface area contributed by atoms with E-state index in [9.17, 15) is 9.18 Å². The molecule has 206 valence electrons. The summed E-state index contributed by atoms with van der Waals surface area (Å²) in [5.74, 6) is -3.16. The molecule has 2 saturated heterocycles. The van der Waals surface area contributed by atoms with Crippen LogP contribution >= 0.6 is 0 Å². The number of amides is 1. The minimum absolute atomic E-state index is 0.00546. The fraction of sp³-hybridized carbons (Fsp3) is 0.458. The Balaban J connectivity index is 1.23. The van der Waals surface area contributed by atoms with Gasteiger partial charge in [0.15, 0.2) is 0 Å². The number of nitrogens with one attached hydrogen (secondary N) is 1. The van der Waals surface area contributed by atoms with Crippen molar-refractivity contribution in [3.63, 3.8) is 0 Å². The van der Waals surface area contributed by atoms with Crippen molar-refractivity contribution in [1.29, 1.82) is 0 Å². The number of hydrogen-bond acceptors (Lipinski definition) is 9. The molecule has 39 heavy (non-hydrogen) atoms. The number of anilines is 1. The average Bonchev–Trinajstić information content (AvgIpc) is 3.48. The predicted octanol–water partition coefficient (Wildman–Crippen LogP) is 2.01. The Morgan fingerprint density at radius 1 is 1.28 bits per heavy atom. The summed E-state index contributed by atoms with van der Waals surface area (Å²) >= 11 is 0. The van der Waals surface area contributed by atoms with Crippen LogP contribution in [0.3, 0.4) is 0 Å². The van der Waals surface area contributed by atoms with Gasteiger partial charge in [-0.2, -0.15) is 4.98 Å². The molecule has 1 N–H and O–H groups in total. The topological polar surface area (TPSA) is 115 Å². The molecule has 0 aliphatic carbocycles. The van der Waals surface area contributed by atoms with E-state index in [2.05, 4.69) is 25.7 Å². The molecule has 1 aromatic carbocycles. The van der Waals surface area contributed by atoms with Crippen LogP contribution in [-0.4, -0.2) is 104 Å². The lowest BCUT2D eigenvalue weighted by Crippen LogP contribution is -2.57. The number of aryl methyl sites for hydroxylation is 1. The molecule has 4 aromatic rings. The zero-order valence-corrected chi connectivity index (χ0v) is 21.1. The minimum Gasteiger partial charge on any atom is -0.479 e. The van der Waals surface area contributed by atoms with Crippen LogP contribution in [0, 0.1) is 0 Å². The Hall–Kier alpha value is -3.98. The highest BCUT2D eigenvalue weighted by Crippen LogP contribution is 2.34. The molecule has 6 rings (SSSR count). The molecule has 0 saturated carbocycles. The van der Waals surface area contributed by atoms with E-state index >= 15 is 8.78 Å². The van der Waals surface area contributed by atoms with Gasteiger partial charge in [-0.05, 0) is 30.2 Å². The molecule has 0 radical (unpaired) electrons. The second-order valence-electron chi connectivity index (χ2n) is 9.53. The van der Waals surface area contributed by atoms with Gasteiger partial charge in [0.05, 0.1) is 38.3 Å². The van der Waals surface area contributed by atoms with Crippen LogP contribution in [-0.2, 0) is 16.1 Å². The van der Waals surface area contributed by atoms with Gasteiger partial charge in [0.2, 0.25) is 17.7 Å². The molecule has 0 spiro atoms. The van der Waals surface area contributed by atoms with Crippen LogP contribution in [0.15, 0.2) is 30.5 Å². The highest BCUT2D eigenvalue weighted by atomic mass is 19.3. The van der Waals surface area contributed by atoms with Crippen molar-refractivity contribution in [1.82, 2.24) is 39.4 Å². The fourth-order valence-corrected chi connectivity index (χ4v) is 4.90. The number of carbonyl (C=O) groups excluding carboxylic acids is 1. The Morgan fingerprint density at radius 3 is 2.85 bits per heavy atom. The van der Waals surface area contributed by atoms with Crippen LogP contribution in [0.5, 0.6) is 5.88 Å². The number of rotatable bonds is 8. The van der Waals surface area contributed by atoms with Gasteiger partial charge in [-0.15, -0.1) is 10.2 Å². The van der Waals surface area contributed by atoms with Crippen molar-refractivity contribution in [2.24, 2.45) is 0 Å². The monoisotopic (exact) mass is 545 g/mol. The van der Waals surface area contributed by atoms with Gasteiger partial charge in [0.1, 0.15) is 31.2 Å². The number of fused-ring (bicyclic) bond motifs is 2. The number of hydrogen-bond donors (Lipinski definition) is 1. The molecule has 15 heteroatoms. The van der Waals surface area contributed by atoms with Crippen LogP contribution < -0.4 is 10.1 Å². The van der Waals surface area contributed by atoms with Crippen molar-refractivity contribution < 1.29 is 27.4 Å². The first-order valence-corrected chi connectivity index (χ1v) is 12.4. The Morgan fingerprint density at radius 2 is 2.13 bits per heavy atom. The summed E-state index contributed by atoms with van der Waals surface area (Å²) in [6.45, 7) is -0.405. The van der Waals surface area contributed by atoms with Gasteiger partial charge in [-0.3, -0.25) is 14.6 Å². The van der Waals surface area contributed by atoms with Crippen molar-refractivity contribution in [3.05, 3.63) is 30.5 Å². The zero-order chi connectivity index (χ0) is 27.1. The lowest BCUT2D eigenvalue weighted by Gasteiger charge is -2.39. The molecule has 2 aliphatic rings. The zero-order valence-electron chi connectivity index (χ0n) is 21.1. The second kappa shape index (κ2) is 9.96. The lowest BCUT2D eigenvalue weighted by molar-refractivity contribution is -0.178. The predicted molar refractivity (Wildman–Crippen MR) is 133 cm³/mol. The summed E-state index contributed by atoms with van der Waals surface area (Å²) in [7, 11) is 1.44. The number of halogens is 3. The van der Waals surface area contributed by atoms with E-state index in [-0.39, 0.29) is 50.7 Å². The van der Waals surface area contributed by atoms with E-state index in [1.165, 1.54) is 26.1 Å². The number of nitrogens with zero attached hydrogens (tertiary/aromatic N) is 8. The van der Waals surface area contributed by atoms with Crippen LogP contribution in [0.4, 0.5) is 19.1 Å². The third-order valence-corrected chi connectivity index (χ3v) is 6.98. The van der Waals surface area contributed by atoms with Crippen molar-refractivity contribution in [3.8, 4) is 17.0 Å². The molecule has 2 fully saturated rings. The Labute approximate surface area is 220 Å². The van der Waals surface area contributed by atoms with Crippen molar-refractivity contribution >= 4 is 28.4 Å². The maximum Gasteiger partial charge on any atom is 0.280 e. The summed E-state index contributed by atoms with van der Waals surface area (Å²) in [6, 6.07) is 6.08. The molecule has 0 bridgehead atoms. The summed E-state index contributed by atoms with van der Waals surface area (Å²) in [4.78, 5) is 19.5. The van der Waals surface area contributed by atoms with E-state index in [4.69, 9.17) is 9.47 Å².